The van der Waals surface area contributed by atoms with Crippen LogP contribution < -0.4 is 11.5 Å². The quantitative estimate of drug-likeness (QED) is 0.306. The first-order valence-electron chi connectivity index (χ1n) is 5.95. The van der Waals surface area contributed by atoms with Crippen LogP contribution in [0.5, 0.6) is 0 Å². The van der Waals surface area contributed by atoms with Crippen LogP contribution in [0.2, 0.25) is 0 Å². The maximum Gasteiger partial charge on any atom is 0.469 e. The van der Waals surface area contributed by atoms with E-state index in [9.17, 15) is 19.6 Å². The minimum atomic E-state index is -4.75. The number of phosphoric ester groups is 1. The maximum absolute atomic E-state index is 11.1. The second kappa shape index (κ2) is 5.93. The number of carbonyl (C=O) groups is 1. The Morgan fingerprint density at radius 2 is 2.09 bits per heavy atom. The Kier molecular flexibility index (Phi) is 4.54. The van der Waals surface area contributed by atoms with E-state index in [0.29, 0.717) is 0 Å². The highest BCUT2D eigenvalue weighted by molar-refractivity contribution is 7.46. The van der Waals surface area contributed by atoms with Crippen molar-refractivity contribution < 1.29 is 38.6 Å². The van der Waals surface area contributed by atoms with Crippen LogP contribution in [0.15, 0.2) is 6.33 Å². The number of rotatable bonds is 5. The average Bonchev–Trinajstić information content (AvgIpc) is 2.90. The second-order valence-electron chi connectivity index (χ2n) is 4.58. The van der Waals surface area contributed by atoms with E-state index in [1.807, 2.05) is 0 Å². The van der Waals surface area contributed by atoms with Gasteiger partial charge in [-0.15, -0.1) is 0 Å². The summed E-state index contributed by atoms with van der Waals surface area (Å²) >= 11 is 0. The number of nitrogen functional groups attached to an aromatic ring is 1. The Morgan fingerprint density at radius 3 is 2.59 bits per heavy atom. The van der Waals surface area contributed by atoms with Gasteiger partial charge in [-0.1, -0.05) is 0 Å². The number of hydrogen-bond donors (Lipinski definition) is 6. The molecule has 0 radical (unpaired) electrons. The van der Waals surface area contributed by atoms with E-state index in [0.717, 1.165) is 10.9 Å². The van der Waals surface area contributed by atoms with Crippen molar-refractivity contribution in [3.63, 3.8) is 0 Å². The Labute approximate surface area is 123 Å². The van der Waals surface area contributed by atoms with Crippen LogP contribution in [0.4, 0.5) is 5.82 Å². The van der Waals surface area contributed by atoms with Crippen LogP contribution in [-0.2, 0) is 13.8 Å². The predicted octanol–water partition coefficient (Wildman–Crippen LogP) is -2.71. The van der Waals surface area contributed by atoms with E-state index in [-0.39, 0.29) is 11.5 Å². The number of amides is 1. The van der Waals surface area contributed by atoms with E-state index < -0.39 is 44.9 Å². The fraction of sp³-hybridized carbons (Fsp3) is 0.556. The Balaban J connectivity index is 2.16. The van der Waals surface area contributed by atoms with Gasteiger partial charge in [0, 0.05) is 0 Å². The number of carbonyl (C=O) groups excluding carboxylic acids is 1. The first-order valence-corrected chi connectivity index (χ1v) is 7.48. The lowest BCUT2D eigenvalue weighted by molar-refractivity contribution is -0.0510. The van der Waals surface area contributed by atoms with Gasteiger partial charge in [0.2, 0.25) is 0 Å². The molecule has 0 spiro atoms. The number of aromatic nitrogens is 2. The molecule has 1 aliphatic rings. The highest BCUT2D eigenvalue weighted by Gasteiger charge is 2.45. The summed E-state index contributed by atoms with van der Waals surface area (Å²) in [6.45, 7) is -0.656. The molecule has 0 aliphatic carbocycles. The zero-order chi connectivity index (χ0) is 16.7. The molecule has 12 nitrogen and oxygen atoms in total. The van der Waals surface area contributed by atoms with Crippen LogP contribution in [0.25, 0.3) is 0 Å². The monoisotopic (exact) mass is 338 g/mol. The molecule has 8 N–H and O–H groups in total. The van der Waals surface area contributed by atoms with Crippen molar-refractivity contribution in [1.29, 1.82) is 0 Å². The molecule has 124 valence electrons. The van der Waals surface area contributed by atoms with Crippen LogP contribution in [0.1, 0.15) is 16.7 Å². The third kappa shape index (κ3) is 3.28. The highest BCUT2D eigenvalue weighted by atomic mass is 31.2. The van der Waals surface area contributed by atoms with Gasteiger partial charge >= 0.3 is 7.82 Å². The number of nitrogens with two attached hydrogens (primary N) is 2. The number of imidazole rings is 1. The molecule has 0 saturated carbocycles. The molecule has 2 unspecified atom stereocenters. The first-order chi connectivity index (χ1) is 10.1. The smallest absolute Gasteiger partial charge is 0.387 e. The standard InChI is InChI=1S/C9H15N4O8P/c10-7-4(8(11)16)12-2-13(7)9-6(15)5(14)3(21-9)1-20-22(17,18)19/h2-3,5-6,9,14-15H,1,10H2,(H2,11,16)(H2,17,18,19)/t3?,5?,6-,9-/m1/s1. The number of nitrogens with zero attached hydrogens (tertiary/aromatic N) is 2. The van der Waals surface area contributed by atoms with Crippen molar-refractivity contribution in [3.8, 4) is 0 Å². The maximum atomic E-state index is 11.1. The molecule has 1 aromatic heterocycles. The number of ether oxygens (including phenoxy) is 1. The largest absolute Gasteiger partial charge is 0.469 e. The first kappa shape index (κ1) is 16.8. The number of primary amides is 1. The van der Waals surface area contributed by atoms with Gasteiger partial charge in [-0.3, -0.25) is 13.9 Å². The van der Waals surface area contributed by atoms with Crippen molar-refractivity contribution in [3.05, 3.63) is 12.0 Å². The van der Waals surface area contributed by atoms with Crippen molar-refractivity contribution in [2.75, 3.05) is 12.3 Å². The fourth-order valence-electron chi connectivity index (χ4n) is 2.03. The molecule has 1 aliphatic heterocycles. The van der Waals surface area contributed by atoms with Crippen LogP contribution >= 0.6 is 7.82 Å². The predicted molar refractivity (Wildman–Crippen MR) is 69.1 cm³/mol. The Hall–Kier alpha value is -1.53. The lowest BCUT2D eigenvalue weighted by atomic mass is 10.1. The summed E-state index contributed by atoms with van der Waals surface area (Å²) in [7, 11) is -4.75. The third-order valence-corrected chi connectivity index (χ3v) is 3.57. The molecule has 1 saturated heterocycles. The zero-order valence-corrected chi connectivity index (χ0v) is 11.9. The normalized spacial score (nSPS) is 28.9. The van der Waals surface area contributed by atoms with Gasteiger partial charge in [-0.05, 0) is 0 Å². The van der Waals surface area contributed by atoms with Gasteiger partial charge in [0.1, 0.15) is 24.1 Å². The summed E-state index contributed by atoms with van der Waals surface area (Å²) in [5, 5.41) is 19.8. The molecule has 13 heteroatoms. The van der Waals surface area contributed by atoms with Gasteiger partial charge in [0.15, 0.2) is 11.9 Å². The van der Waals surface area contributed by atoms with Gasteiger partial charge in [-0.2, -0.15) is 0 Å². The summed E-state index contributed by atoms with van der Waals surface area (Å²) < 4.78 is 21.2. The molecule has 1 aromatic rings. The molecular formula is C9H15N4O8P. The summed E-state index contributed by atoms with van der Waals surface area (Å²) in [6.07, 6.45) is -4.33. The van der Waals surface area contributed by atoms with Gasteiger partial charge in [0.25, 0.3) is 5.91 Å². The van der Waals surface area contributed by atoms with Crippen molar-refractivity contribution >= 4 is 19.5 Å². The van der Waals surface area contributed by atoms with E-state index >= 15 is 0 Å². The van der Waals surface area contributed by atoms with Crippen LogP contribution in [0.3, 0.4) is 0 Å². The molecule has 1 amide bonds. The van der Waals surface area contributed by atoms with E-state index in [2.05, 4.69) is 9.51 Å². The van der Waals surface area contributed by atoms with Crippen molar-refractivity contribution in [2.45, 2.75) is 24.5 Å². The van der Waals surface area contributed by atoms with Crippen LogP contribution in [0, 0.1) is 0 Å². The minimum Gasteiger partial charge on any atom is -0.387 e. The number of phosphoric acid groups is 1. The Morgan fingerprint density at radius 1 is 1.45 bits per heavy atom. The molecule has 2 heterocycles. The summed E-state index contributed by atoms with van der Waals surface area (Å²) in [5.41, 5.74) is 10.5. The molecule has 22 heavy (non-hydrogen) atoms. The Bertz CT molecular complexity index is 615. The molecule has 4 atom stereocenters. The lowest BCUT2D eigenvalue weighted by Gasteiger charge is -2.17. The minimum absolute atomic E-state index is 0.180. The molecule has 2 rings (SSSR count). The molecule has 0 aromatic carbocycles. The van der Waals surface area contributed by atoms with E-state index in [4.69, 9.17) is 26.0 Å². The third-order valence-electron chi connectivity index (χ3n) is 3.08. The van der Waals surface area contributed by atoms with Crippen molar-refractivity contribution in [2.24, 2.45) is 5.73 Å². The summed E-state index contributed by atoms with van der Waals surface area (Å²) in [6, 6.07) is 0. The van der Waals surface area contributed by atoms with Crippen molar-refractivity contribution in [1.82, 2.24) is 9.55 Å². The molecular weight excluding hydrogens is 323 g/mol. The SMILES string of the molecule is NC(=O)c1ncn([C@@H]2OC(COP(=O)(O)O)C(O)[C@H]2O)c1N. The number of hydrogen-bond acceptors (Lipinski definition) is 8. The van der Waals surface area contributed by atoms with Gasteiger partial charge in [0.05, 0.1) is 12.9 Å². The van der Waals surface area contributed by atoms with Gasteiger partial charge < -0.3 is 36.2 Å². The summed E-state index contributed by atoms with van der Waals surface area (Å²) in [4.78, 5) is 32.0. The average molecular weight is 338 g/mol. The topological polar surface area (TPSA) is 203 Å². The number of anilines is 1. The van der Waals surface area contributed by atoms with Crippen LogP contribution in [-0.4, -0.2) is 60.4 Å². The molecule has 0 bridgehead atoms. The number of aliphatic hydroxyl groups is 2. The zero-order valence-electron chi connectivity index (χ0n) is 11.0. The fourth-order valence-corrected chi connectivity index (χ4v) is 2.37. The van der Waals surface area contributed by atoms with Gasteiger partial charge in [-0.25, -0.2) is 9.55 Å². The summed E-state index contributed by atoms with van der Waals surface area (Å²) in [5.74, 6) is -1.06. The lowest BCUT2D eigenvalue weighted by Crippen LogP contribution is -2.33. The number of aliphatic hydroxyl groups excluding tert-OH is 2. The highest BCUT2D eigenvalue weighted by Crippen LogP contribution is 2.38. The second-order valence-corrected chi connectivity index (χ2v) is 5.82. The molecule has 1 fully saturated rings. The van der Waals surface area contributed by atoms with E-state index in [1.165, 1.54) is 0 Å². The van der Waals surface area contributed by atoms with E-state index in [1.54, 1.807) is 0 Å².